The molecule has 1 aromatic heterocycles. The van der Waals surface area contributed by atoms with Gasteiger partial charge in [0, 0.05) is 5.41 Å². The molecule has 0 fully saturated rings. The second-order valence-corrected chi connectivity index (χ2v) is 9.24. The minimum Gasteiger partial charge on any atom is -0.310 e. The molecule has 0 aromatic carbocycles. The molecule has 94 valence electrons. The predicted molar refractivity (Wildman–Crippen MR) is 77.5 cm³/mol. The number of aromatic nitrogens is 1. The van der Waals surface area contributed by atoms with E-state index in [2.05, 4.69) is 42.2 Å². The number of amides is 1. The molecule has 1 rings (SSSR count). The Morgan fingerprint density at radius 1 is 1.24 bits per heavy atom. The molecular weight excluding hydrogens is 348 g/mol. The van der Waals surface area contributed by atoms with Crippen LogP contribution in [-0.4, -0.2) is 10.9 Å². The Kier molecular flexibility index (Phi) is 4.36. The van der Waals surface area contributed by atoms with Crippen LogP contribution in [0.4, 0.5) is 5.82 Å². The number of hydrogen-bond donors (Lipinski definition) is 1. The molecule has 0 saturated carbocycles. The zero-order chi connectivity index (χ0) is 13.3. The van der Waals surface area contributed by atoms with Gasteiger partial charge in [-0.3, -0.25) is 4.79 Å². The highest BCUT2D eigenvalue weighted by Crippen LogP contribution is 2.36. The number of alkyl halides is 2. The minimum atomic E-state index is -0.427. The summed E-state index contributed by atoms with van der Waals surface area (Å²) in [6.07, 6.45) is 0. The van der Waals surface area contributed by atoms with Crippen LogP contribution < -0.4 is 5.32 Å². The second-order valence-electron chi connectivity index (χ2n) is 5.00. The van der Waals surface area contributed by atoms with Crippen LogP contribution in [0.2, 0.25) is 0 Å². The third kappa shape index (κ3) is 4.39. The number of anilines is 1. The molecule has 5 heteroatoms. The Hall–Kier alpha value is -0.420. The Bertz CT molecular complexity index is 419. The van der Waals surface area contributed by atoms with Gasteiger partial charge < -0.3 is 5.32 Å². The fraction of sp³-hybridized carbons (Fsp3) is 0.500. The van der Waals surface area contributed by atoms with E-state index in [-0.39, 0.29) is 9.14 Å². The molecule has 1 heterocycles. The van der Waals surface area contributed by atoms with Crippen molar-refractivity contribution in [3.8, 4) is 0 Å². The summed E-state index contributed by atoms with van der Waals surface area (Å²) in [6.45, 7) is 7.53. The Labute approximate surface area is 119 Å². The van der Waals surface area contributed by atoms with Crippen molar-refractivity contribution in [1.82, 2.24) is 4.98 Å². The molecule has 1 amide bonds. The number of carbonyl (C=O) groups excluding carboxylic acids is 1. The zero-order valence-corrected chi connectivity index (χ0v) is 13.5. The van der Waals surface area contributed by atoms with E-state index in [0.29, 0.717) is 5.82 Å². The van der Waals surface area contributed by atoms with E-state index < -0.39 is 5.41 Å². The standard InChI is InChI=1S/C12H16Br2N2O/c1-11(2,3)10(17)16-9-7-5-6-8(15-9)12(4,13)14/h5-7H,1-4H3,(H,15,16,17). The smallest absolute Gasteiger partial charge is 0.230 e. The summed E-state index contributed by atoms with van der Waals surface area (Å²) in [4.78, 5) is 16.2. The van der Waals surface area contributed by atoms with Crippen molar-refractivity contribution in [1.29, 1.82) is 0 Å². The van der Waals surface area contributed by atoms with Crippen molar-refractivity contribution in [3.63, 3.8) is 0 Å². The van der Waals surface area contributed by atoms with Crippen molar-refractivity contribution in [2.24, 2.45) is 5.41 Å². The fourth-order valence-corrected chi connectivity index (χ4v) is 1.49. The summed E-state index contributed by atoms with van der Waals surface area (Å²) >= 11 is 6.94. The maximum atomic E-state index is 11.8. The third-order valence-corrected chi connectivity index (χ3v) is 2.93. The molecule has 0 unspecified atom stereocenters. The molecule has 0 saturated heterocycles. The summed E-state index contributed by atoms with van der Waals surface area (Å²) < 4.78 is -0.386. The summed E-state index contributed by atoms with van der Waals surface area (Å²) in [5.74, 6) is 0.514. The van der Waals surface area contributed by atoms with Crippen LogP contribution in [0.1, 0.15) is 33.4 Å². The SMILES string of the molecule is CC(C)(C)C(=O)Nc1cccc(C(C)(Br)Br)n1. The lowest BCUT2D eigenvalue weighted by molar-refractivity contribution is -0.123. The molecule has 3 nitrogen and oxygen atoms in total. The zero-order valence-electron chi connectivity index (χ0n) is 10.3. The first-order valence-electron chi connectivity index (χ1n) is 5.27. The predicted octanol–water partition coefficient (Wildman–Crippen LogP) is 4.03. The lowest BCUT2D eigenvalue weighted by Crippen LogP contribution is -2.28. The first-order chi connectivity index (χ1) is 7.60. The van der Waals surface area contributed by atoms with E-state index in [0.717, 1.165) is 5.69 Å². The molecule has 0 atom stereocenters. The van der Waals surface area contributed by atoms with Crippen molar-refractivity contribution in [3.05, 3.63) is 23.9 Å². The average Bonchev–Trinajstić information content (AvgIpc) is 2.15. The molecule has 0 spiro atoms. The van der Waals surface area contributed by atoms with Gasteiger partial charge in [-0.1, -0.05) is 58.7 Å². The van der Waals surface area contributed by atoms with Crippen molar-refractivity contribution in [2.75, 3.05) is 5.32 Å². The van der Waals surface area contributed by atoms with Crippen LogP contribution in [0.15, 0.2) is 18.2 Å². The molecular formula is C12H16Br2N2O. The van der Waals surface area contributed by atoms with E-state index >= 15 is 0 Å². The molecule has 1 N–H and O–H groups in total. The maximum Gasteiger partial charge on any atom is 0.230 e. The lowest BCUT2D eigenvalue weighted by atomic mass is 9.96. The number of nitrogens with zero attached hydrogens (tertiary/aromatic N) is 1. The molecule has 0 bridgehead atoms. The van der Waals surface area contributed by atoms with Gasteiger partial charge in [-0.25, -0.2) is 4.98 Å². The average molecular weight is 364 g/mol. The number of pyridine rings is 1. The van der Waals surface area contributed by atoms with Crippen molar-refractivity contribution < 1.29 is 4.79 Å². The second kappa shape index (κ2) is 5.06. The van der Waals surface area contributed by atoms with E-state index in [1.807, 2.05) is 39.8 Å². The quantitative estimate of drug-likeness (QED) is 0.806. The van der Waals surface area contributed by atoms with Gasteiger partial charge in [0.2, 0.25) is 5.91 Å². The highest BCUT2D eigenvalue weighted by molar-refractivity contribution is 9.24. The van der Waals surface area contributed by atoms with Gasteiger partial charge >= 0.3 is 0 Å². The van der Waals surface area contributed by atoms with Crippen LogP contribution in [0.25, 0.3) is 0 Å². The largest absolute Gasteiger partial charge is 0.310 e. The minimum absolute atomic E-state index is 0.0482. The summed E-state index contributed by atoms with van der Waals surface area (Å²) in [5, 5.41) is 2.80. The highest BCUT2D eigenvalue weighted by atomic mass is 79.9. The van der Waals surface area contributed by atoms with Crippen molar-refractivity contribution in [2.45, 2.75) is 30.9 Å². The van der Waals surface area contributed by atoms with Crippen LogP contribution in [-0.2, 0) is 8.03 Å². The molecule has 0 aliphatic carbocycles. The van der Waals surface area contributed by atoms with E-state index in [4.69, 9.17) is 0 Å². The van der Waals surface area contributed by atoms with Crippen LogP contribution >= 0.6 is 31.9 Å². The molecule has 0 aliphatic heterocycles. The fourth-order valence-electron chi connectivity index (χ4n) is 1.05. The maximum absolute atomic E-state index is 11.8. The Morgan fingerprint density at radius 3 is 2.29 bits per heavy atom. The van der Waals surface area contributed by atoms with Gasteiger partial charge in [0.15, 0.2) is 0 Å². The van der Waals surface area contributed by atoms with Gasteiger partial charge in [-0.05, 0) is 19.1 Å². The van der Waals surface area contributed by atoms with Gasteiger partial charge in [-0.15, -0.1) is 0 Å². The van der Waals surface area contributed by atoms with Crippen LogP contribution in [0, 0.1) is 5.41 Å². The van der Waals surface area contributed by atoms with E-state index in [1.165, 1.54) is 0 Å². The van der Waals surface area contributed by atoms with E-state index in [9.17, 15) is 4.79 Å². The van der Waals surface area contributed by atoms with Gasteiger partial charge in [0.1, 0.15) is 9.05 Å². The molecule has 17 heavy (non-hydrogen) atoms. The van der Waals surface area contributed by atoms with Gasteiger partial charge in [-0.2, -0.15) is 0 Å². The number of hydrogen-bond acceptors (Lipinski definition) is 2. The van der Waals surface area contributed by atoms with Crippen molar-refractivity contribution >= 4 is 43.6 Å². The number of nitrogens with one attached hydrogen (secondary N) is 1. The summed E-state index contributed by atoms with van der Waals surface area (Å²) in [5.41, 5.74) is 0.383. The topological polar surface area (TPSA) is 42.0 Å². The summed E-state index contributed by atoms with van der Waals surface area (Å²) in [6, 6.07) is 5.52. The highest BCUT2D eigenvalue weighted by Gasteiger charge is 2.23. The Morgan fingerprint density at radius 2 is 1.82 bits per heavy atom. The normalized spacial score (nSPS) is 12.4. The van der Waals surface area contributed by atoms with Crippen LogP contribution in [0.3, 0.4) is 0 Å². The Balaban J connectivity index is 2.91. The first-order valence-corrected chi connectivity index (χ1v) is 6.86. The number of halogens is 2. The third-order valence-electron chi connectivity index (χ3n) is 2.12. The number of rotatable bonds is 2. The van der Waals surface area contributed by atoms with Crippen LogP contribution in [0.5, 0.6) is 0 Å². The van der Waals surface area contributed by atoms with Gasteiger partial charge in [0.25, 0.3) is 0 Å². The van der Waals surface area contributed by atoms with Gasteiger partial charge in [0.05, 0.1) is 5.69 Å². The monoisotopic (exact) mass is 362 g/mol. The first kappa shape index (κ1) is 14.6. The molecule has 0 radical (unpaired) electrons. The molecule has 1 aromatic rings. The lowest BCUT2D eigenvalue weighted by Gasteiger charge is -2.19. The molecule has 0 aliphatic rings. The summed E-state index contributed by atoms with van der Waals surface area (Å²) in [7, 11) is 0. The van der Waals surface area contributed by atoms with E-state index in [1.54, 1.807) is 6.07 Å². The number of carbonyl (C=O) groups is 1.